The van der Waals surface area contributed by atoms with Gasteiger partial charge < -0.3 is 15.5 Å². The Morgan fingerprint density at radius 3 is 2.19 bits per heavy atom. The van der Waals surface area contributed by atoms with Crippen LogP contribution in [0.25, 0.3) is 11.4 Å². The maximum atomic E-state index is 4.71. The number of nitrogens with zero attached hydrogens (tertiary/aromatic N) is 3. The van der Waals surface area contributed by atoms with Crippen molar-refractivity contribution in [2.24, 2.45) is 0 Å². The fourth-order valence-electron chi connectivity index (χ4n) is 2.65. The van der Waals surface area contributed by atoms with E-state index in [0.717, 1.165) is 42.7 Å². The smallest absolute Gasteiger partial charge is 0.163 e. The molecule has 0 aliphatic rings. The summed E-state index contributed by atoms with van der Waals surface area (Å²) < 4.78 is 0. The summed E-state index contributed by atoms with van der Waals surface area (Å²) in [6.07, 6.45) is 0. The molecule has 0 amide bonds. The first-order chi connectivity index (χ1) is 13.1. The van der Waals surface area contributed by atoms with E-state index < -0.39 is 0 Å². The molecule has 0 aliphatic carbocycles. The highest BCUT2D eigenvalue weighted by atomic mass is 15.1. The third-order valence-corrected chi connectivity index (χ3v) is 4.22. The van der Waals surface area contributed by atoms with Gasteiger partial charge in [0.05, 0.1) is 0 Å². The number of aryl methyl sites for hydroxylation is 1. The van der Waals surface area contributed by atoms with Crippen molar-refractivity contribution < 1.29 is 0 Å². The van der Waals surface area contributed by atoms with Crippen LogP contribution in [0.2, 0.25) is 0 Å². The van der Waals surface area contributed by atoms with E-state index >= 15 is 0 Å². The Morgan fingerprint density at radius 1 is 0.852 bits per heavy atom. The number of benzene rings is 2. The van der Waals surface area contributed by atoms with Crippen molar-refractivity contribution in [3.63, 3.8) is 0 Å². The highest BCUT2D eigenvalue weighted by Crippen LogP contribution is 2.20. The summed E-state index contributed by atoms with van der Waals surface area (Å²) in [5.41, 5.74) is 3.49. The van der Waals surface area contributed by atoms with Gasteiger partial charge >= 0.3 is 0 Å². The SMILES string of the molecule is Cc1ccc(CNc2cc(NCCN(C)C)nc(-c3ccccc3)n2)cc1. The van der Waals surface area contributed by atoms with E-state index in [1.807, 2.05) is 36.4 Å². The number of hydrogen-bond acceptors (Lipinski definition) is 5. The average Bonchev–Trinajstić information content (AvgIpc) is 2.68. The van der Waals surface area contributed by atoms with Crippen LogP contribution >= 0.6 is 0 Å². The van der Waals surface area contributed by atoms with E-state index in [0.29, 0.717) is 0 Å². The Kier molecular flexibility index (Phi) is 6.39. The predicted molar refractivity (Wildman–Crippen MR) is 113 cm³/mol. The molecule has 1 heterocycles. The third-order valence-electron chi connectivity index (χ3n) is 4.22. The molecular formula is C22H27N5. The highest BCUT2D eigenvalue weighted by molar-refractivity contribution is 5.61. The first-order valence-corrected chi connectivity index (χ1v) is 9.23. The van der Waals surface area contributed by atoms with Gasteiger partial charge in [0.1, 0.15) is 11.6 Å². The van der Waals surface area contributed by atoms with Crippen molar-refractivity contribution >= 4 is 11.6 Å². The molecular weight excluding hydrogens is 334 g/mol. The molecule has 0 fully saturated rings. The molecule has 5 heteroatoms. The summed E-state index contributed by atoms with van der Waals surface area (Å²) >= 11 is 0. The lowest BCUT2D eigenvalue weighted by Crippen LogP contribution is -2.21. The molecule has 1 aromatic heterocycles. The van der Waals surface area contributed by atoms with Gasteiger partial charge in [0.15, 0.2) is 5.82 Å². The quantitative estimate of drug-likeness (QED) is 0.634. The maximum absolute atomic E-state index is 4.71. The molecule has 0 saturated carbocycles. The molecule has 0 unspecified atom stereocenters. The van der Waals surface area contributed by atoms with Gasteiger partial charge in [-0.1, -0.05) is 60.2 Å². The maximum Gasteiger partial charge on any atom is 0.163 e. The largest absolute Gasteiger partial charge is 0.369 e. The van der Waals surface area contributed by atoms with Crippen molar-refractivity contribution in [3.8, 4) is 11.4 Å². The monoisotopic (exact) mass is 361 g/mol. The average molecular weight is 361 g/mol. The number of likely N-dealkylation sites (N-methyl/N-ethyl adjacent to an activating group) is 1. The van der Waals surface area contributed by atoms with Gasteiger partial charge in [-0.25, -0.2) is 9.97 Å². The molecule has 0 radical (unpaired) electrons. The Balaban J connectivity index is 1.79. The van der Waals surface area contributed by atoms with Crippen LogP contribution in [0.15, 0.2) is 60.7 Å². The zero-order valence-electron chi connectivity index (χ0n) is 16.2. The molecule has 140 valence electrons. The molecule has 2 aromatic carbocycles. The molecule has 0 spiro atoms. The molecule has 0 atom stereocenters. The van der Waals surface area contributed by atoms with Crippen LogP contribution in [0.4, 0.5) is 11.6 Å². The second-order valence-corrected chi connectivity index (χ2v) is 6.90. The van der Waals surface area contributed by atoms with Gasteiger partial charge in [0, 0.05) is 31.3 Å². The van der Waals surface area contributed by atoms with E-state index in [9.17, 15) is 0 Å². The first kappa shape index (κ1) is 18.9. The highest BCUT2D eigenvalue weighted by Gasteiger charge is 2.07. The Bertz CT molecular complexity index is 844. The van der Waals surface area contributed by atoms with Crippen LogP contribution in [0, 0.1) is 6.92 Å². The van der Waals surface area contributed by atoms with Gasteiger partial charge in [-0.15, -0.1) is 0 Å². The van der Waals surface area contributed by atoms with Gasteiger partial charge in [0.2, 0.25) is 0 Å². The van der Waals surface area contributed by atoms with Crippen molar-refractivity contribution in [3.05, 3.63) is 71.8 Å². The molecule has 0 saturated heterocycles. The van der Waals surface area contributed by atoms with Crippen molar-refractivity contribution in [2.75, 3.05) is 37.8 Å². The fraction of sp³-hybridized carbons (Fsp3) is 0.273. The van der Waals surface area contributed by atoms with Gasteiger partial charge in [-0.2, -0.15) is 0 Å². The zero-order chi connectivity index (χ0) is 19.1. The van der Waals surface area contributed by atoms with Crippen LogP contribution in [-0.2, 0) is 6.54 Å². The summed E-state index contributed by atoms with van der Waals surface area (Å²) in [7, 11) is 4.12. The predicted octanol–water partition coefficient (Wildman–Crippen LogP) is 4.04. The number of anilines is 2. The third kappa shape index (κ3) is 5.79. The summed E-state index contributed by atoms with van der Waals surface area (Å²) in [4.78, 5) is 11.5. The van der Waals surface area contributed by atoms with E-state index in [4.69, 9.17) is 4.98 Å². The molecule has 0 bridgehead atoms. The second-order valence-electron chi connectivity index (χ2n) is 6.90. The van der Waals surface area contributed by atoms with Crippen molar-refractivity contribution in [1.82, 2.24) is 14.9 Å². The van der Waals surface area contributed by atoms with Gasteiger partial charge in [-0.3, -0.25) is 0 Å². The lowest BCUT2D eigenvalue weighted by atomic mass is 10.1. The summed E-state index contributed by atoms with van der Waals surface area (Å²) in [5, 5.41) is 6.83. The van der Waals surface area contributed by atoms with Crippen LogP contribution in [0.1, 0.15) is 11.1 Å². The van der Waals surface area contributed by atoms with E-state index in [1.165, 1.54) is 11.1 Å². The van der Waals surface area contributed by atoms with E-state index in [1.54, 1.807) is 0 Å². The number of hydrogen-bond donors (Lipinski definition) is 2. The zero-order valence-corrected chi connectivity index (χ0v) is 16.2. The minimum atomic E-state index is 0.719. The minimum Gasteiger partial charge on any atom is -0.369 e. The normalized spacial score (nSPS) is 10.8. The van der Waals surface area contributed by atoms with E-state index in [2.05, 4.69) is 65.8 Å². The fourth-order valence-corrected chi connectivity index (χ4v) is 2.65. The minimum absolute atomic E-state index is 0.719. The Labute approximate surface area is 161 Å². The summed E-state index contributed by atoms with van der Waals surface area (Å²) in [6.45, 7) is 4.59. The molecule has 5 nitrogen and oxygen atoms in total. The van der Waals surface area contributed by atoms with Crippen LogP contribution in [0.5, 0.6) is 0 Å². The van der Waals surface area contributed by atoms with Gasteiger partial charge in [0.25, 0.3) is 0 Å². The molecule has 3 aromatic rings. The molecule has 0 aliphatic heterocycles. The summed E-state index contributed by atoms with van der Waals surface area (Å²) in [5.74, 6) is 2.37. The van der Waals surface area contributed by atoms with E-state index in [-0.39, 0.29) is 0 Å². The van der Waals surface area contributed by atoms with Crippen LogP contribution in [0.3, 0.4) is 0 Å². The molecule has 27 heavy (non-hydrogen) atoms. The second kappa shape index (κ2) is 9.14. The number of aromatic nitrogens is 2. The number of rotatable bonds is 8. The first-order valence-electron chi connectivity index (χ1n) is 9.23. The standard InChI is InChI=1S/C22H27N5/c1-17-9-11-18(12-10-17)16-24-21-15-20(23-13-14-27(2)3)25-22(26-21)19-7-5-4-6-8-19/h4-12,15H,13-14,16H2,1-3H3,(H2,23,24,25,26). The molecule has 3 rings (SSSR count). The number of nitrogens with one attached hydrogen (secondary N) is 2. The van der Waals surface area contributed by atoms with Crippen molar-refractivity contribution in [1.29, 1.82) is 0 Å². The van der Waals surface area contributed by atoms with Crippen LogP contribution in [-0.4, -0.2) is 42.1 Å². The van der Waals surface area contributed by atoms with Gasteiger partial charge in [-0.05, 0) is 26.6 Å². The Morgan fingerprint density at radius 2 is 1.52 bits per heavy atom. The van der Waals surface area contributed by atoms with Crippen LogP contribution < -0.4 is 10.6 Å². The summed E-state index contributed by atoms with van der Waals surface area (Å²) in [6, 6.07) is 20.6. The van der Waals surface area contributed by atoms with Crippen molar-refractivity contribution in [2.45, 2.75) is 13.5 Å². The Hall–Kier alpha value is -2.92. The topological polar surface area (TPSA) is 53.1 Å². The lowest BCUT2D eigenvalue weighted by Gasteiger charge is -2.13. The molecule has 2 N–H and O–H groups in total. The lowest BCUT2D eigenvalue weighted by molar-refractivity contribution is 0.425.